The molecule has 8 rings (SSSR count). The molecule has 0 saturated carbocycles. The van der Waals surface area contributed by atoms with Gasteiger partial charge in [0.15, 0.2) is 0 Å². The Labute approximate surface area is 367 Å². The molecule has 0 aliphatic heterocycles. The molecule has 1 aromatic carbocycles. The van der Waals surface area contributed by atoms with Crippen LogP contribution in [0.3, 0.4) is 0 Å². The summed E-state index contributed by atoms with van der Waals surface area (Å²) >= 11 is 0. The van der Waals surface area contributed by atoms with Gasteiger partial charge in [-0.15, -0.1) is 0 Å². The maximum absolute atomic E-state index is 6.34. The lowest BCUT2D eigenvalue weighted by Crippen LogP contribution is -2.24. The Morgan fingerprint density at radius 2 is 0.852 bits per heavy atom. The van der Waals surface area contributed by atoms with Gasteiger partial charge in [-0.3, -0.25) is 4.98 Å². The quantitative estimate of drug-likeness (QED) is 0.125. The summed E-state index contributed by atoms with van der Waals surface area (Å²) in [5.74, 6) is 0. The highest BCUT2D eigenvalue weighted by Crippen LogP contribution is 2.46. The maximum atomic E-state index is 6.34. The average Bonchev–Trinajstić information content (AvgIpc) is 3.21. The predicted molar refractivity (Wildman–Crippen MR) is 251 cm³/mol. The fourth-order valence-electron chi connectivity index (χ4n) is 10.4. The normalized spacial score (nSPS) is 16.7. The number of aryl methyl sites for hydroxylation is 1. The van der Waals surface area contributed by atoms with Crippen LogP contribution in [0, 0.1) is 0 Å². The third-order valence-electron chi connectivity index (χ3n) is 13.1. The van der Waals surface area contributed by atoms with E-state index in [2.05, 4.69) is 98.7 Å². The molecule has 326 valence electrons. The van der Waals surface area contributed by atoms with Gasteiger partial charge in [0.1, 0.15) is 0 Å². The van der Waals surface area contributed by atoms with Crippen molar-refractivity contribution in [3.8, 4) is 22.8 Å². The standard InChI is InChI=1S/C55H73N3O3/c1-53(2,3)59-32-16-24-38-41-22-13-14-27-47(41)56-49-43(38)28-29-45-40(26-18-34-61-55(7,8)9)46-31-30-44-39(25-17-33-60-54(4,5)6)42-23-15-21-37(35-36-19-11-10-12-20-36)48(42)57-51(44)52(46)58-50(45)49/h10-12,19-20,35H,13-18,21-34H2,1-9H3/b37-35-. The lowest BCUT2D eigenvalue weighted by atomic mass is 9.76. The van der Waals surface area contributed by atoms with Crippen LogP contribution in [-0.4, -0.2) is 51.6 Å². The van der Waals surface area contributed by atoms with Gasteiger partial charge in [0.25, 0.3) is 0 Å². The number of benzene rings is 1. The van der Waals surface area contributed by atoms with E-state index in [4.69, 9.17) is 29.2 Å². The first-order valence-corrected chi connectivity index (χ1v) is 23.9. The predicted octanol–water partition coefficient (Wildman–Crippen LogP) is 12.4. The summed E-state index contributed by atoms with van der Waals surface area (Å²) < 4.78 is 18.9. The fraction of sp³-hybridized carbons (Fsp3) is 0.582. The summed E-state index contributed by atoms with van der Waals surface area (Å²) in [4.78, 5) is 17.4. The zero-order chi connectivity index (χ0) is 42.9. The Hall–Kier alpha value is -3.71. The molecule has 0 saturated heterocycles. The van der Waals surface area contributed by atoms with Crippen LogP contribution >= 0.6 is 0 Å². The van der Waals surface area contributed by atoms with Crippen molar-refractivity contribution in [3.63, 3.8) is 0 Å². The number of pyridine rings is 3. The summed E-state index contributed by atoms with van der Waals surface area (Å²) in [6.45, 7) is 21.7. The summed E-state index contributed by atoms with van der Waals surface area (Å²) in [5.41, 5.74) is 22.4. The number of hydrogen-bond donors (Lipinski definition) is 0. The van der Waals surface area contributed by atoms with E-state index in [-0.39, 0.29) is 16.8 Å². The van der Waals surface area contributed by atoms with Crippen LogP contribution in [0.15, 0.2) is 30.3 Å². The van der Waals surface area contributed by atoms with Gasteiger partial charge < -0.3 is 14.2 Å². The van der Waals surface area contributed by atoms with Gasteiger partial charge in [-0.05, 0) is 239 Å². The molecule has 0 spiro atoms. The van der Waals surface area contributed by atoms with Crippen molar-refractivity contribution in [2.45, 2.75) is 188 Å². The molecule has 0 fully saturated rings. The van der Waals surface area contributed by atoms with Crippen LogP contribution in [0.25, 0.3) is 34.4 Å². The molecule has 4 aromatic rings. The number of aromatic nitrogens is 3. The van der Waals surface area contributed by atoms with Gasteiger partial charge in [0.05, 0.1) is 45.3 Å². The van der Waals surface area contributed by atoms with E-state index in [0.717, 1.165) is 139 Å². The third-order valence-corrected chi connectivity index (χ3v) is 13.1. The summed E-state index contributed by atoms with van der Waals surface area (Å²) in [7, 11) is 0. The molecule has 4 aliphatic rings. The molecule has 3 aromatic heterocycles. The number of fused-ring (bicyclic) bond motifs is 8. The monoisotopic (exact) mass is 824 g/mol. The van der Waals surface area contributed by atoms with Crippen molar-refractivity contribution in [3.05, 3.63) is 97.4 Å². The zero-order valence-electron chi connectivity index (χ0n) is 39.2. The Morgan fingerprint density at radius 3 is 1.34 bits per heavy atom. The summed E-state index contributed by atoms with van der Waals surface area (Å²) in [6.07, 6.45) is 20.4. The lowest BCUT2D eigenvalue weighted by molar-refractivity contribution is -0.00425. The van der Waals surface area contributed by atoms with Gasteiger partial charge in [-0.2, -0.15) is 0 Å². The van der Waals surface area contributed by atoms with E-state index in [1.54, 1.807) is 5.56 Å². The summed E-state index contributed by atoms with van der Waals surface area (Å²) in [5, 5.41) is 0. The van der Waals surface area contributed by atoms with E-state index in [9.17, 15) is 0 Å². The van der Waals surface area contributed by atoms with E-state index < -0.39 is 0 Å². The molecule has 6 heteroatoms. The van der Waals surface area contributed by atoms with Gasteiger partial charge in [0, 0.05) is 25.5 Å². The topological polar surface area (TPSA) is 66.4 Å². The largest absolute Gasteiger partial charge is 0.376 e. The highest BCUT2D eigenvalue weighted by atomic mass is 16.5. The molecule has 0 atom stereocenters. The minimum absolute atomic E-state index is 0.130. The molecule has 61 heavy (non-hydrogen) atoms. The molecule has 0 bridgehead atoms. The molecular weight excluding hydrogens is 751 g/mol. The van der Waals surface area contributed by atoms with Crippen LogP contribution in [0.5, 0.6) is 0 Å². The van der Waals surface area contributed by atoms with Crippen LogP contribution in [0.4, 0.5) is 0 Å². The van der Waals surface area contributed by atoms with E-state index in [1.807, 2.05) is 0 Å². The third kappa shape index (κ3) is 10.2. The van der Waals surface area contributed by atoms with E-state index >= 15 is 0 Å². The van der Waals surface area contributed by atoms with Crippen molar-refractivity contribution >= 4 is 11.6 Å². The first-order valence-electron chi connectivity index (χ1n) is 23.9. The van der Waals surface area contributed by atoms with Gasteiger partial charge >= 0.3 is 0 Å². The SMILES string of the molecule is CC(C)(C)OCCCc1c2c(nc3c1CCc1c-3nc3c(c1CCCOC(C)(C)C)CCc1c-3nc3c(c1CCCOC(C)(C)C)CCC/C3=C/c1ccccc1)CCCC2. The number of hydrogen-bond acceptors (Lipinski definition) is 6. The molecule has 6 nitrogen and oxygen atoms in total. The first-order chi connectivity index (χ1) is 29.1. The van der Waals surface area contributed by atoms with Gasteiger partial charge in [0.2, 0.25) is 0 Å². The highest BCUT2D eigenvalue weighted by molar-refractivity contribution is 5.85. The van der Waals surface area contributed by atoms with Crippen molar-refractivity contribution < 1.29 is 14.2 Å². The van der Waals surface area contributed by atoms with Crippen molar-refractivity contribution in [1.82, 2.24) is 15.0 Å². The minimum atomic E-state index is -0.158. The Morgan fingerprint density at radius 1 is 0.443 bits per heavy atom. The van der Waals surface area contributed by atoms with Gasteiger partial charge in [-0.1, -0.05) is 30.3 Å². The highest BCUT2D eigenvalue weighted by Gasteiger charge is 2.35. The molecular formula is C55H73N3O3. The molecule has 0 radical (unpaired) electrons. The van der Waals surface area contributed by atoms with Crippen molar-refractivity contribution in [2.24, 2.45) is 0 Å². The van der Waals surface area contributed by atoms with E-state index in [0.29, 0.717) is 0 Å². The number of ether oxygens (including phenoxy) is 3. The molecule has 0 amide bonds. The number of rotatable bonds is 13. The lowest BCUT2D eigenvalue weighted by Gasteiger charge is -2.33. The number of allylic oxidation sites excluding steroid dienone is 1. The first kappa shape index (κ1) is 43.9. The second-order valence-corrected chi connectivity index (χ2v) is 21.2. The maximum Gasteiger partial charge on any atom is 0.0932 e. The van der Waals surface area contributed by atoms with Crippen LogP contribution in [0.1, 0.15) is 174 Å². The molecule has 3 heterocycles. The average molecular weight is 824 g/mol. The minimum Gasteiger partial charge on any atom is -0.376 e. The van der Waals surface area contributed by atoms with Crippen molar-refractivity contribution in [1.29, 1.82) is 0 Å². The van der Waals surface area contributed by atoms with Gasteiger partial charge in [-0.25, -0.2) is 9.97 Å². The fourth-order valence-corrected chi connectivity index (χ4v) is 10.4. The smallest absolute Gasteiger partial charge is 0.0932 e. The van der Waals surface area contributed by atoms with Crippen LogP contribution in [0.2, 0.25) is 0 Å². The number of nitrogens with zero attached hydrogens (tertiary/aromatic N) is 3. The van der Waals surface area contributed by atoms with Crippen LogP contribution in [-0.2, 0) is 78.4 Å². The Bertz CT molecular complexity index is 2250. The molecule has 4 aliphatic carbocycles. The Balaban J connectivity index is 1.29. The van der Waals surface area contributed by atoms with E-state index in [1.165, 1.54) is 79.9 Å². The van der Waals surface area contributed by atoms with Crippen LogP contribution < -0.4 is 0 Å². The zero-order valence-corrected chi connectivity index (χ0v) is 39.2. The second-order valence-electron chi connectivity index (χ2n) is 21.2. The van der Waals surface area contributed by atoms with Crippen molar-refractivity contribution in [2.75, 3.05) is 19.8 Å². The Kier molecular flexibility index (Phi) is 13.1. The second kappa shape index (κ2) is 18.2. The molecule has 0 unspecified atom stereocenters. The molecule has 0 N–H and O–H groups in total. The summed E-state index contributed by atoms with van der Waals surface area (Å²) in [6, 6.07) is 10.8.